The summed E-state index contributed by atoms with van der Waals surface area (Å²) in [6, 6.07) is 0. The van der Waals surface area contributed by atoms with Crippen LogP contribution >= 0.6 is 0 Å². The van der Waals surface area contributed by atoms with Crippen molar-refractivity contribution < 1.29 is 9.59 Å². The molecule has 17 heavy (non-hydrogen) atoms. The highest BCUT2D eigenvalue weighted by atomic mass is 16.2. The van der Waals surface area contributed by atoms with Crippen LogP contribution < -0.4 is 16.4 Å². The molecule has 0 unspecified atom stereocenters. The van der Waals surface area contributed by atoms with Gasteiger partial charge in [-0.05, 0) is 25.7 Å². The highest BCUT2D eigenvalue weighted by molar-refractivity contribution is 5.86. The Balaban J connectivity index is 1.61. The zero-order chi connectivity index (χ0) is 12.3. The smallest absolute Gasteiger partial charge is 0.240 e. The number of hydrogen-bond acceptors (Lipinski definition) is 3. The first-order valence-electron chi connectivity index (χ1n) is 6.47. The standard InChI is InChI=1S/C12H21N3O2/c13-12(5-1-2-6-12)11(17)15-8-7-14-10(16)9-3-4-9/h9H,1-8,13H2,(H,14,16)(H,15,17). The van der Waals surface area contributed by atoms with E-state index in [0.29, 0.717) is 13.1 Å². The maximum Gasteiger partial charge on any atom is 0.240 e. The lowest BCUT2D eigenvalue weighted by atomic mass is 9.98. The average Bonchev–Trinajstić information content (AvgIpc) is 3.07. The van der Waals surface area contributed by atoms with Crippen molar-refractivity contribution >= 4 is 11.8 Å². The Morgan fingerprint density at radius 3 is 2.29 bits per heavy atom. The normalized spacial score (nSPS) is 22.2. The van der Waals surface area contributed by atoms with Gasteiger partial charge in [0.25, 0.3) is 0 Å². The van der Waals surface area contributed by atoms with Crippen LogP contribution in [0.3, 0.4) is 0 Å². The molecule has 2 aliphatic carbocycles. The van der Waals surface area contributed by atoms with Crippen molar-refractivity contribution in [3.05, 3.63) is 0 Å². The second-order valence-corrected chi connectivity index (χ2v) is 5.18. The average molecular weight is 239 g/mol. The summed E-state index contributed by atoms with van der Waals surface area (Å²) >= 11 is 0. The Kier molecular flexibility index (Phi) is 3.66. The molecule has 0 aromatic rings. The summed E-state index contributed by atoms with van der Waals surface area (Å²) in [6.45, 7) is 0.966. The van der Waals surface area contributed by atoms with Gasteiger partial charge in [0.1, 0.15) is 0 Å². The van der Waals surface area contributed by atoms with Gasteiger partial charge in [-0.25, -0.2) is 0 Å². The SMILES string of the molecule is NC1(C(=O)NCCNC(=O)C2CC2)CCCC1. The van der Waals surface area contributed by atoms with Gasteiger partial charge in [0.15, 0.2) is 0 Å². The molecule has 0 heterocycles. The van der Waals surface area contributed by atoms with Crippen molar-refractivity contribution in [2.75, 3.05) is 13.1 Å². The van der Waals surface area contributed by atoms with E-state index in [1.54, 1.807) is 0 Å². The van der Waals surface area contributed by atoms with E-state index < -0.39 is 5.54 Å². The zero-order valence-electron chi connectivity index (χ0n) is 10.1. The molecule has 0 atom stereocenters. The molecule has 96 valence electrons. The Bertz CT molecular complexity index is 307. The van der Waals surface area contributed by atoms with Gasteiger partial charge in [0, 0.05) is 19.0 Å². The van der Waals surface area contributed by atoms with E-state index >= 15 is 0 Å². The van der Waals surface area contributed by atoms with Crippen LogP contribution in [-0.2, 0) is 9.59 Å². The Labute approximate surface area is 102 Å². The maximum absolute atomic E-state index is 11.8. The second kappa shape index (κ2) is 5.04. The summed E-state index contributed by atoms with van der Waals surface area (Å²) in [5, 5.41) is 5.61. The third-order valence-corrected chi connectivity index (χ3v) is 3.61. The number of rotatable bonds is 5. The molecule has 0 bridgehead atoms. The number of nitrogens with one attached hydrogen (secondary N) is 2. The van der Waals surface area contributed by atoms with Crippen molar-refractivity contribution in [2.45, 2.75) is 44.1 Å². The molecule has 0 spiro atoms. The van der Waals surface area contributed by atoms with Crippen molar-refractivity contribution in [1.82, 2.24) is 10.6 Å². The molecule has 2 rings (SSSR count). The van der Waals surface area contributed by atoms with Crippen LogP contribution in [0.1, 0.15) is 38.5 Å². The predicted molar refractivity (Wildman–Crippen MR) is 64.1 cm³/mol. The zero-order valence-corrected chi connectivity index (χ0v) is 10.1. The first-order valence-corrected chi connectivity index (χ1v) is 6.47. The lowest BCUT2D eigenvalue weighted by Gasteiger charge is -2.22. The lowest BCUT2D eigenvalue weighted by molar-refractivity contribution is -0.126. The monoisotopic (exact) mass is 239 g/mol. The minimum atomic E-state index is -0.666. The number of hydrogen-bond donors (Lipinski definition) is 3. The molecule has 2 fully saturated rings. The van der Waals surface area contributed by atoms with Crippen LogP contribution in [0.15, 0.2) is 0 Å². The molecule has 2 aliphatic rings. The fraction of sp³-hybridized carbons (Fsp3) is 0.833. The minimum absolute atomic E-state index is 0.0735. The van der Waals surface area contributed by atoms with Crippen LogP contribution in [-0.4, -0.2) is 30.4 Å². The van der Waals surface area contributed by atoms with Gasteiger partial charge in [-0.1, -0.05) is 12.8 Å². The third-order valence-electron chi connectivity index (χ3n) is 3.61. The van der Waals surface area contributed by atoms with Gasteiger partial charge in [0.05, 0.1) is 5.54 Å². The molecule has 0 aromatic heterocycles. The molecule has 4 N–H and O–H groups in total. The van der Waals surface area contributed by atoms with E-state index in [1.807, 2.05) is 0 Å². The Morgan fingerprint density at radius 1 is 1.12 bits per heavy atom. The summed E-state index contributed by atoms with van der Waals surface area (Å²) < 4.78 is 0. The highest BCUT2D eigenvalue weighted by Gasteiger charge is 2.36. The number of carbonyl (C=O) groups is 2. The van der Waals surface area contributed by atoms with Crippen molar-refractivity contribution in [3.8, 4) is 0 Å². The van der Waals surface area contributed by atoms with Crippen LogP contribution in [0.25, 0.3) is 0 Å². The molecule has 0 aromatic carbocycles. The fourth-order valence-electron chi connectivity index (χ4n) is 2.26. The summed E-state index contributed by atoms with van der Waals surface area (Å²) in [5.74, 6) is 0.264. The summed E-state index contributed by atoms with van der Waals surface area (Å²) in [4.78, 5) is 23.1. The Hall–Kier alpha value is -1.10. The van der Waals surface area contributed by atoms with E-state index in [1.165, 1.54) is 0 Å². The van der Waals surface area contributed by atoms with Gasteiger partial charge >= 0.3 is 0 Å². The van der Waals surface area contributed by atoms with Gasteiger partial charge in [-0.15, -0.1) is 0 Å². The molecule has 0 aliphatic heterocycles. The van der Waals surface area contributed by atoms with E-state index in [9.17, 15) is 9.59 Å². The molecule has 5 heteroatoms. The van der Waals surface area contributed by atoms with Gasteiger partial charge in [0.2, 0.25) is 11.8 Å². The van der Waals surface area contributed by atoms with Crippen LogP contribution in [0.4, 0.5) is 0 Å². The maximum atomic E-state index is 11.8. The molecule has 5 nitrogen and oxygen atoms in total. The van der Waals surface area contributed by atoms with Crippen molar-refractivity contribution in [3.63, 3.8) is 0 Å². The first kappa shape index (κ1) is 12.4. The minimum Gasteiger partial charge on any atom is -0.354 e. The van der Waals surface area contributed by atoms with Crippen molar-refractivity contribution in [1.29, 1.82) is 0 Å². The largest absolute Gasteiger partial charge is 0.354 e. The Morgan fingerprint density at radius 2 is 1.71 bits per heavy atom. The van der Waals surface area contributed by atoms with E-state index in [4.69, 9.17) is 5.73 Å². The van der Waals surface area contributed by atoms with E-state index in [2.05, 4.69) is 10.6 Å². The van der Waals surface area contributed by atoms with E-state index in [0.717, 1.165) is 38.5 Å². The van der Waals surface area contributed by atoms with Crippen LogP contribution in [0.2, 0.25) is 0 Å². The molecule has 2 saturated carbocycles. The second-order valence-electron chi connectivity index (χ2n) is 5.18. The molecule has 2 amide bonds. The van der Waals surface area contributed by atoms with Gasteiger partial charge in [-0.3, -0.25) is 9.59 Å². The topological polar surface area (TPSA) is 84.2 Å². The summed E-state index contributed by atoms with van der Waals surface area (Å²) in [7, 11) is 0. The number of amides is 2. The van der Waals surface area contributed by atoms with Gasteiger partial charge < -0.3 is 16.4 Å². The van der Waals surface area contributed by atoms with Gasteiger partial charge in [-0.2, -0.15) is 0 Å². The predicted octanol–water partition coefficient (Wildman–Crippen LogP) is -0.0997. The molecular weight excluding hydrogens is 218 g/mol. The van der Waals surface area contributed by atoms with Crippen LogP contribution in [0.5, 0.6) is 0 Å². The molecule has 0 radical (unpaired) electrons. The fourth-order valence-corrected chi connectivity index (χ4v) is 2.26. The highest BCUT2D eigenvalue weighted by Crippen LogP contribution is 2.28. The summed E-state index contributed by atoms with van der Waals surface area (Å²) in [6.07, 6.45) is 5.61. The summed E-state index contributed by atoms with van der Waals surface area (Å²) in [5.41, 5.74) is 5.34. The van der Waals surface area contributed by atoms with Crippen molar-refractivity contribution in [2.24, 2.45) is 11.7 Å². The molecular formula is C12H21N3O2. The number of nitrogens with two attached hydrogens (primary N) is 1. The van der Waals surface area contributed by atoms with E-state index in [-0.39, 0.29) is 17.7 Å². The van der Waals surface area contributed by atoms with Crippen LogP contribution in [0, 0.1) is 5.92 Å². The lowest BCUT2D eigenvalue weighted by Crippen LogP contribution is -2.53. The number of carbonyl (C=O) groups excluding carboxylic acids is 2. The molecule has 0 saturated heterocycles. The quantitative estimate of drug-likeness (QED) is 0.586. The first-order chi connectivity index (χ1) is 8.12. The third kappa shape index (κ3) is 3.19.